The van der Waals surface area contributed by atoms with Crippen LogP contribution in [-0.4, -0.2) is 39.9 Å². The van der Waals surface area contributed by atoms with Crippen molar-refractivity contribution in [1.82, 2.24) is 4.90 Å². The maximum atomic E-state index is 11.3. The van der Waals surface area contributed by atoms with E-state index in [1.165, 1.54) is 10.3 Å². The quantitative estimate of drug-likeness (QED) is 0.914. The lowest BCUT2D eigenvalue weighted by Gasteiger charge is -2.36. The van der Waals surface area contributed by atoms with Crippen molar-refractivity contribution in [2.75, 3.05) is 6.54 Å². The van der Waals surface area contributed by atoms with Crippen LogP contribution in [0.5, 0.6) is 0 Å². The number of aliphatic hydroxyl groups excluding tert-OH is 1. The Bertz CT molecular complexity index is 670. The van der Waals surface area contributed by atoms with Crippen LogP contribution in [0.4, 0.5) is 4.79 Å². The number of carboxylic acid groups (broad SMARTS) is 1. The van der Waals surface area contributed by atoms with Crippen LogP contribution in [-0.2, 0) is 6.42 Å². The van der Waals surface area contributed by atoms with Gasteiger partial charge in [-0.05, 0) is 35.6 Å². The van der Waals surface area contributed by atoms with Gasteiger partial charge < -0.3 is 15.1 Å². The number of benzene rings is 2. The summed E-state index contributed by atoms with van der Waals surface area (Å²) in [6.45, 7) is 0.523. The summed E-state index contributed by atoms with van der Waals surface area (Å²) in [6, 6.07) is 14.0. The fraction of sp³-hybridized carbons (Fsp3) is 0.389. The molecule has 2 aromatic carbocycles. The highest BCUT2D eigenvalue weighted by Crippen LogP contribution is 2.23. The first kappa shape index (κ1) is 14.9. The molecule has 2 aromatic rings. The van der Waals surface area contributed by atoms with Gasteiger partial charge in [-0.25, -0.2) is 4.79 Å². The molecule has 116 valence electrons. The first-order valence-electron chi connectivity index (χ1n) is 7.80. The van der Waals surface area contributed by atoms with E-state index in [9.17, 15) is 15.0 Å². The van der Waals surface area contributed by atoms with Crippen molar-refractivity contribution >= 4 is 16.9 Å². The number of likely N-dealkylation sites (tertiary alicyclic amines) is 1. The Morgan fingerprint density at radius 2 is 1.95 bits per heavy atom. The zero-order chi connectivity index (χ0) is 15.5. The third kappa shape index (κ3) is 3.07. The summed E-state index contributed by atoms with van der Waals surface area (Å²) in [5.41, 5.74) is 1.04. The molecule has 1 fully saturated rings. The summed E-state index contributed by atoms with van der Waals surface area (Å²) in [7, 11) is 0. The highest BCUT2D eigenvalue weighted by atomic mass is 16.4. The predicted molar refractivity (Wildman–Crippen MR) is 86.0 cm³/mol. The van der Waals surface area contributed by atoms with E-state index in [0.29, 0.717) is 13.0 Å². The van der Waals surface area contributed by atoms with Gasteiger partial charge in [-0.2, -0.15) is 0 Å². The minimum Gasteiger partial charge on any atom is -0.465 e. The average molecular weight is 299 g/mol. The molecule has 1 saturated heterocycles. The van der Waals surface area contributed by atoms with Gasteiger partial charge in [0.05, 0.1) is 12.1 Å². The first-order chi connectivity index (χ1) is 10.6. The fourth-order valence-corrected chi connectivity index (χ4v) is 3.34. The summed E-state index contributed by atoms with van der Waals surface area (Å²) in [4.78, 5) is 12.7. The first-order valence-corrected chi connectivity index (χ1v) is 7.80. The molecule has 1 aliphatic rings. The number of hydrogen-bond donors (Lipinski definition) is 2. The largest absolute Gasteiger partial charge is 0.465 e. The molecule has 4 nitrogen and oxygen atoms in total. The van der Waals surface area contributed by atoms with Gasteiger partial charge in [-0.3, -0.25) is 0 Å². The molecule has 0 spiro atoms. The lowest BCUT2D eigenvalue weighted by Crippen LogP contribution is -2.49. The van der Waals surface area contributed by atoms with Crippen molar-refractivity contribution in [3.05, 3.63) is 48.0 Å². The van der Waals surface area contributed by atoms with Crippen LogP contribution in [0.15, 0.2) is 42.5 Å². The van der Waals surface area contributed by atoms with E-state index in [1.807, 2.05) is 24.3 Å². The van der Waals surface area contributed by atoms with Crippen LogP contribution in [0, 0.1) is 0 Å². The number of carbonyl (C=O) groups is 1. The van der Waals surface area contributed by atoms with Gasteiger partial charge in [0, 0.05) is 13.0 Å². The van der Waals surface area contributed by atoms with Crippen LogP contribution >= 0.6 is 0 Å². The minimum absolute atomic E-state index is 0.294. The Balaban J connectivity index is 1.76. The maximum absolute atomic E-state index is 11.3. The van der Waals surface area contributed by atoms with E-state index in [-0.39, 0.29) is 6.04 Å². The topological polar surface area (TPSA) is 60.8 Å². The zero-order valence-electron chi connectivity index (χ0n) is 12.5. The van der Waals surface area contributed by atoms with E-state index in [1.54, 1.807) is 0 Å². The molecule has 0 radical (unpaired) electrons. The van der Waals surface area contributed by atoms with E-state index in [0.717, 1.165) is 30.2 Å². The van der Waals surface area contributed by atoms with Crippen molar-refractivity contribution in [3.8, 4) is 0 Å². The molecule has 2 N–H and O–H groups in total. The molecule has 0 saturated carbocycles. The molecule has 3 rings (SSSR count). The standard InChI is InChI=1S/C18H21NO3/c20-17(16-7-3-4-10-19(16)18(21)22)12-13-8-9-14-5-1-2-6-15(14)11-13/h1-2,5-6,8-9,11,16-17,20H,3-4,7,10,12H2,(H,21,22). The number of rotatable bonds is 3. The van der Waals surface area contributed by atoms with Crippen LogP contribution < -0.4 is 0 Å². The number of piperidine rings is 1. The normalized spacial score (nSPS) is 20.0. The van der Waals surface area contributed by atoms with Crippen molar-refractivity contribution in [3.63, 3.8) is 0 Å². The number of fused-ring (bicyclic) bond motifs is 1. The van der Waals surface area contributed by atoms with Crippen LogP contribution in [0.2, 0.25) is 0 Å². The van der Waals surface area contributed by atoms with Crippen LogP contribution in [0.25, 0.3) is 10.8 Å². The van der Waals surface area contributed by atoms with E-state index in [4.69, 9.17) is 0 Å². The van der Waals surface area contributed by atoms with Gasteiger partial charge in [0.25, 0.3) is 0 Å². The van der Waals surface area contributed by atoms with Crippen molar-refractivity contribution < 1.29 is 15.0 Å². The molecule has 1 aliphatic heterocycles. The second-order valence-electron chi connectivity index (χ2n) is 5.99. The molecule has 0 aliphatic carbocycles. The number of nitrogens with zero attached hydrogens (tertiary/aromatic N) is 1. The van der Waals surface area contributed by atoms with E-state index < -0.39 is 12.2 Å². The molecule has 0 bridgehead atoms. The predicted octanol–water partition coefficient (Wildman–Crippen LogP) is 3.28. The molecule has 2 unspecified atom stereocenters. The van der Waals surface area contributed by atoms with Gasteiger partial charge in [-0.1, -0.05) is 42.5 Å². The van der Waals surface area contributed by atoms with E-state index in [2.05, 4.69) is 18.2 Å². The molecular weight excluding hydrogens is 278 g/mol. The Labute approximate surface area is 130 Å². The molecular formula is C18H21NO3. The van der Waals surface area contributed by atoms with Crippen LogP contribution in [0.3, 0.4) is 0 Å². The monoisotopic (exact) mass is 299 g/mol. The molecule has 22 heavy (non-hydrogen) atoms. The lowest BCUT2D eigenvalue weighted by molar-refractivity contribution is 0.0297. The van der Waals surface area contributed by atoms with E-state index >= 15 is 0 Å². The molecule has 0 aromatic heterocycles. The van der Waals surface area contributed by atoms with Crippen molar-refractivity contribution in [1.29, 1.82) is 0 Å². The van der Waals surface area contributed by atoms with Gasteiger partial charge in [0.2, 0.25) is 0 Å². The SMILES string of the molecule is O=C(O)N1CCCCC1C(O)Cc1ccc2ccccc2c1. The Hall–Kier alpha value is -2.07. The minimum atomic E-state index is -0.928. The summed E-state index contributed by atoms with van der Waals surface area (Å²) >= 11 is 0. The second-order valence-corrected chi connectivity index (χ2v) is 5.99. The number of hydrogen-bond acceptors (Lipinski definition) is 2. The third-order valence-corrected chi connectivity index (χ3v) is 4.50. The number of amides is 1. The van der Waals surface area contributed by atoms with Gasteiger partial charge in [0.15, 0.2) is 0 Å². The summed E-state index contributed by atoms with van der Waals surface area (Å²) in [5, 5.41) is 22.1. The zero-order valence-corrected chi connectivity index (χ0v) is 12.5. The Morgan fingerprint density at radius 3 is 2.73 bits per heavy atom. The van der Waals surface area contributed by atoms with Crippen molar-refractivity contribution in [2.24, 2.45) is 0 Å². The Morgan fingerprint density at radius 1 is 1.18 bits per heavy atom. The highest BCUT2D eigenvalue weighted by Gasteiger charge is 2.31. The summed E-state index contributed by atoms with van der Waals surface area (Å²) in [6.07, 6.45) is 1.49. The van der Waals surface area contributed by atoms with Crippen LogP contribution in [0.1, 0.15) is 24.8 Å². The summed E-state index contributed by atoms with van der Waals surface area (Å²) < 4.78 is 0. The molecule has 4 heteroatoms. The third-order valence-electron chi connectivity index (χ3n) is 4.50. The molecule has 1 amide bonds. The molecule has 1 heterocycles. The fourth-order valence-electron chi connectivity index (χ4n) is 3.34. The van der Waals surface area contributed by atoms with Gasteiger partial charge in [-0.15, -0.1) is 0 Å². The Kier molecular flexibility index (Phi) is 4.29. The average Bonchev–Trinajstić information content (AvgIpc) is 2.54. The summed E-state index contributed by atoms with van der Waals surface area (Å²) in [5.74, 6) is 0. The lowest BCUT2D eigenvalue weighted by atomic mass is 9.93. The van der Waals surface area contributed by atoms with Gasteiger partial charge >= 0.3 is 6.09 Å². The second kappa shape index (κ2) is 6.36. The number of aliphatic hydroxyl groups is 1. The highest BCUT2D eigenvalue weighted by molar-refractivity contribution is 5.83. The smallest absolute Gasteiger partial charge is 0.407 e. The molecule has 2 atom stereocenters. The maximum Gasteiger partial charge on any atom is 0.407 e. The van der Waals surface area contributed by atoms with Gasteiger partial charge in [0.1, 0.15) is 0 Å². The van der Waals surface area contributed by atoms with Crippen molar-refractivity contribution in [2.45, 2.75) is 37.8 Å².